The first kappa shape index (κ1) is 16.8. The average molecular weight is 346 g/mol. The van der Waals surface area contributed by atoms with Crippen LogP contribution in [-0.2, 0) is 11.2 Å². The molecule has 0 aromatic carbocycles. The largest absolute Gasteiger partial charge is 0.369 e. The fourth-order valence-electron chi connectivity index (χ4n) is 1.58. The van der Waals surface area contributed by atoms with Crippen LogP contribution in [0.15, 0.2) is 4.47 Å². The summed E-state index contributed by atoms with van der Waals surface area (Å²) in [5.74, 6) is 2.66. The van der Waals surface area contributed by atoms with Gasteiger partial charge in [0.1, 0.15) is 11.6 Å². The summed E-state index contributed by atoms with van der Waals surface area (Å²) in [7, 11) is 0. The molecule has 108 valence electrons. The van der Waals surface area contributed by atoms with Crippen LogP contribution in [0.25, 0.3) is 0 Å². The van der Waals surface area contributed by atoms with Crippen LogP contribution in [-0.4, -0.2) is 21.8 Å². The molecule has 1 aromatic heterocycles. The molecule has 0 bridgehead atoms. The highest BCUT2D eigenvalue weighted by Crippen LogP contribution is 2.33. The van der Waals surface area contributed by atoms with Gasteiger partial charge in [0.2, 0.25) is 0 Å². The van der Waals surface area contributed by atoms with Gasteiger partial charge in [-0.25, -0.2) is 9.97 Å². The number of nitrogens with one attached hydrogen (secondary N) is 1. The van der Waals surface area contributed by atoms with E-state index in [9.17, 15) is 0 Å². The maximum Gasteiger partial charge on any atom is 0.144 e. The molecule has 0 unspecified atom stereocenters. The normalized spacial score (nSPS) is 12.0. The number of hydrogen-bond acceptors (Lipinski definition) is 4. The Morgan fingerprint density at radius 1 is 1.26 bits per heavy atom. The Balaban J connectivity index is 3.15. The molecule has 0 spiro atoms. The van der Waals surface area contributed by atoms with Gasteiger partial charge in [-0.1, -0.05) is 34.6 Å². The standard InChI is InChI=1S/C14H24BrN3S/c1-7-16-13-11(15)12(14(4,5)6)17-10(18-13)8-19-9(2)3/h9H,7-8H2,1-6H3,(H,16,17,18). The second-order valence-electron chi connectivity index (χ2n) is 5.79. The third-order valence-corrected chi connectivity index (χ3v) is 4.34. The average Bonchev–Trinajstić information content (AvgIpc) is 2.28. The minimum Gasteiger partial charge on any atom is -0.369 e. The smallest absolute Gasteiger partial charge is 0.144 e. The molecular weight excluding hydrogens is 322 g/mol. The number of aromatic nitrogens is 2. The van der Waals surface area contributed by atoms with Crippen molar-refractivity contribution < 1.29 is 0 Å². The van der Waals surface area contributed by atoms with Crippen LogP contribution < -0.4 is 5.32 Å². The molecule has 5 heteroatoms. The van der Waals surface area contributed by atoms with E-state index in [4.69, 9.17) is 4.98 Å². The number of anilines is 1. The Labute approximate surface area is 129 Å². The lowest BCUT2D eigenvalue weighted by atomic mass is 9.92. The summed E-state index contributed by atoms with van der Waals surface area (Å²) in [6, 6.07) is 0. The molecule has 0 atom stereocenters. The second kappa shape index (κ2) is 6.93. The Morgan fingerprint density at radius 3 is 2.37 bits per heavy atom. The highest BCUT2D eigenvalue weighted by atomic mass is 79.9. The maximum atomic E-state index is 4.74. The number of rotatable bonds is 5. The Hall–Kier alpha value is -0.290. The first-order valence-corrected chi connectivity index (χ1v) is 8.52. The van der Waals surface area contributed by atoms with Gasteiger partial charge in [-0.05, 0) is 28.1 Å². The Kier molecular flexibility index (Phi) is 6.12. The molecule has 1 rings (SSSR count). The molecule has 3 nitrogen and oxygen atoms in total. The lowest BCUT2D eigenvalue weighted by Crippen LogP contribution is -2.18. The highest BCUT2D eigenvalue weighted by Gasteiger charge is 2.23. The van der Waals surface area contributed by atoms with E-state index in [1.54, 1.807) is 0 Å². The molecule has 1 aromatic rings. The van der Waals surface area contributed by atoms with Crippen molar-refractivity contribution in [3.8, 4) is 0 Å². The van der Waals surface area contributed by atoms with E-state index in [1.165, 1.54) is 0 Å². The van der Waals surface area contributed by atoms with Crippen LogP contribution in [0.4, 0.5) is 5.82 Å². The third-order valence-electron chi connectivity index (χ3n) is 2.50. The first-order valence-electron chi connectivity index (χ1n) is 6.68. The summed E-state index contributed by atoms with van der Waals surface area (Å²) >= 11 is 5.51. The molecule has 0 aliphatic carbocycles. The molecular formula is C14H24BrN3S. The van der Waals surface area contributed by atoms with Gasteiger partial charge in [0.15, 0.2) is 0 Å². The van der Waals surface area contributed by atoms with Crippen LogP contribution in [0.3, 0.4) is 0 Å². The van der Waals surface area contributed by atoms with Crippen molar-refractivity contribution in [2.75, 3.05) is 11.9 Å². The number of nitrogens with zero attached hydrogens (tertiary/aromatic N) is 2. The van der Waals surface area contributed by atoms with Crippen molar-refractivity contribution in [2.45, 2.75) is 58.0 Å². The van der Waals surface area contributed by atoms with Gasteiger partial charge in [0.25, 0.3) is 0 Å². The fourth-order valence-corrected chi connectivity index (χ4v) is 3.10. The van der Waals surface area contributed by atoms with Crippen molar-refractivity contribution in [1.82, 2.24) is 9.97 Å². The fraction of sp³-hybridized carbons (Fsp3) is 0.714. The van der Waals surface area contributed by atoms with E-state index in [1.807, 2.05) is 11.8 Å². The lowest BCUT2D eigenvalue weighted by Gasteiger charge is -2.22. The van der Waals surface area contributed by atoms with Crippen molar-refractivity contribution >= 4 is 33.5 Å². The molecule has 0 saturated carbocycles. The molecule has 0 fully saturated rings. The number of halogens is 1. The van der Waals surface area contributed by atoms with Gasteiger partial charge in [0.05, 0.1) is 15.9 Å². The summed E-state index contributed by atoms with van der Waals surface area (Å²) in [4.78, 5) is 9.36. The van der Waals surface area contributed by atoms with E-state index in [-0.39, 0.29) is 5.41 Å². The predicted molar refractivity (Wildman–Crippen MR) is 89.0 cm³/mol. The van der Waals surface area contributed by atoms with E-state index in [0.29, 0.717) is 5.25 Å². The molecule has 0 radical (unpaired) electrons. The zero-order valence-electron chi connectivity index (χ0n) is 12.7. The minimum atomic E-state index is 0.00317. The lowest BCUT2D eigenvalue weighted by molar-refractivity contribution is 0.560. The van der Waals surface area contributed by atoms with Crippen LogP contribution >= 0.6 is 27.7 Å². The summed E-state index contributed by atoms with van der Waals surface area (Å²) in [6.45, 7) is 13.8. The van der Waals surface area contributed by atoms with Crippen molar-refractivity contribution in [1.29, 1.82) is 0 Å². The van der Waals surface area contributed by atoms with Gasteiger partial charge in [0, 0.05) is 12.0 Å². The third kappa shape index (κ3) is 4.95. The van der Waals surface area contributed by atoms with E-state index in [0.717, 1.165) is 34.1 Å². The predicted octanol–water partition coefficient (Wildman–Crippen LogP) is 4.61. The second-order valence-corrected chi connectivity index (χ2v) is 8.15. The Morgan fingerprint density at radius 2 is 1.89 bits per heavy atom. The minimum absolute atomic E-state index is 0.00317. The molecule has 19 heavy (non-hydrogen) atoms. The van der Waals surface area contributed by atoms with Crippen molar-refractivity contribution in [2.24, 2.45) is 0 Å². The van der Waals surface area contributed by atoms with Crippen LogP contribution in [0.1, 0.15) is 53.1 Å². The van der Waals surface area contributed by atoms with E-state index >= 15 is 0 Å². The molecule has 0 aliphatic rings. The van der Waals surface area contributed by atoms with E-state index < -0.39 is 0 Å². The van der Waals surface area contributed by atoms with Crippen molar-refractivity contribution in [3.63, 3.8) is 0 Å². The van der Waals surface area contributed by atoms with Gasteiger partial charge in [-0.3, -0.25) is 0 Å². The van der Waals surface area contributed by atoms with Gasteiger partial charge >= 0.3 is 0 Å². The molecule has 1 heterocycles. The zero-order valence-corrected chi connectivity index (χ0v) is 15.1. The SMILES string of the molecule is CCNc1nc(CSC(C)C)nc(C(C)(C)C)c1Br. The summed E-state index contributed by atoms with van der Waals surface area (Å²) in [5.41, 5.74) is 1.07. The van der Waals surface area contributed by atoms with Crippen LogP contribution in [0.5, 0.6) is 0 Å². The number of thioether (sulfide) groups is 1. The maximum absolute atomic E-state index is 4.74. The van der Waals surface area contributed by atoms with Crippen molar-refractivity contribution in [3.05, 3.63) is 16.0 Å². The quantitative estimate of drug-likeness (QED) is 0.845. The molecule has 0 saturated heterocycles. The summed E-state index contributed by atoms with van der Waals surface area (Å²) in [5, 5.41) is 3.90. The van der Waals surface area contributed by atoms with Crippen LogP contribution in [0, 0.1) is 0 Å². The van der Waals surface area contributed by atoms with Gasteiger partial charge < -0.3 is 5.32 Å². The highest BCUT2D eigenvalue weighted by molar-refractivity contribution is 9.10. The number of hydrogen-bond donors (Lipinski definition) is 1. The van der Waals surface area contributed by atoms with Crippen LogP contribution in [0.2, 0.25) is 0 Å². The topological polar surface area (TPSA) is 37.8 Å². The zero-order chi connectivity index (χ0) is 14.6. The molecule has 0 amide bonds. The monoisotopic (exact) mass is 345 g/mol. The molecule has 0 aliphatic heterocycles. The summed E-state index contributed by atoms with van der Waals surface area (Å²) < 4.78 is 0.986. The Bertz CT molecular complexity index is 427. The summed E-state index contributed by atoms with van der Waals surface area (Å²) in [6.07, 6.45) is 0. The first-order chi connectivity index (χ1) is 8.75. The van der Waals surface area contributed by atoms with Gasteiger partial charge in [-0.2, -0.15) is 11.8 Å². The molecule has 1 N–H and O–H groups in total. The van der Waals surface area contributed by atoms with E-state index in [2.05, 4.69) is 67.8 Å². The van der Waals surface area contributed by atoms with Gasteiger partial charge in [-0.15, -0.1) is 0 Å².